The van der Waals surface area contributed by atoms with Gasteiger partial charge in [0, 0.05) is 15.8 Å². The Morgan fingerprint density at radius 2 is 1.85 bits per heavy atom. The Balaban J connectivity index is 2.23. The maximum atomic E-state index is 5.67. The molecule has 0 aliphatic heterocycles. The van der Waals surface area contributed by atoms with E-state index in [2.05, 4.69) is 76.1 Å². The van der Waals surface area contributed by atoms with Crippen molar-refractivity contribution in [3.8, 4) is 11.1 Å². The van der Waals surface area contributed by atoms with Gasteiger partial charge in [-0.25, -0.2) is 5.84 Å². The van der Waals surface area contributed by atoms with Gasteiger partial charge in [-0.05, 0) is 55.2 Å². The van der Waals surface area contributed by atoms with E-state index in [1.807, 2.05) is 14.1 Å². The fourth-order valence-corrected chi connectivity index (χ4v) is 3.95. The SMILES string of the molecule is CC(C)c1cccc2c(-c3ccc(SN(C)C)cc3)c(/C(=N/N)NN)[nH]c12. The van der Waals surface area contributed by atoms with Gasteiger partial charge < -0.3 is 16.3 Å². The number of hydrogen-bond acceptors (Lipinski definition) is 5. The average Bonchev–Trinajstić information content (AvgIpc) is 3.02. The monoisotopic (exact) mass is 382 g/mol. The summed E-state index contributed by atoms with van der Waals surface area (Å²) in [5, 5.41) is 4.95. The van der Waals surface area contributed by atoms with Gasteiger partial charge in [-0.2, -0.15) is 5.10 Å². The maximum Gasteiger partial charge on any atom is 0.183 e. The number of H-pyrrole nitrogens is 1. The molecular formula is C20H26N6S. The molecule has 0 spiro atoms. The smallest absolute Gasteiger partial charge is 0.183 e. The highest BCUT2D eigenvalue weighted by molar-refractivity contribution is 7.97. The molecule has 0 saturated heterocycles. The molecule has 0 aliphatic rings. The van der Waals surface area contributed by atoms with Gasteiger partial charge in [0.1, 0.15) is 0 Å². The lowest BCUT2D eigenvalue weighted by molar-refractivity contribution is 0.702. The summed E-state index contributed by atoms with van der Waals surface area (Å²) >= 11 is 1.68. The topological polar surface area (TPSA) is 95.5 Å². The lowest BCUT2D eigenvalue weighted by atomic mass is 9.97. The van der Waals surface area contributed by atoms with Gasteiger partial charge in [0.05, 0.1) is 11.2 Å². The second-order valence-electron chi connectivity index (χ2n) is 6.85. The van der Waals surface area contributed by atoms with Crippen LogP contribution in [0, 0.1) is 0 Å². The second-order valence-corrected chi connectivity index (χ2v) is 8.23. The van der Waals surface area contributed by atoms with Crippen molar-refractivity contribution in [3.05, 3.63) is 53.7 Å². The summed E-state index contributed by atoms with van der Waals surface area (Å²) in [6, 6.07) is 14.8. The summed E-state index contributed by atoms with van der Waals surface area (Å²) in [7, 11) is 4.06. The van der Waals surface area contributed by atoms with Crippen molar-refractivity contribution in [2.75, 3.05) is 14.1 Å². The number of nitrogens with two attached hydrogens (primary N) is 2. The average molecular weight is 383 g/mol. The van der Waals surface area contributed by atoms with Crippen LogP contribution in [-0.4, -0.2) is 29.2 Å². The minimum atomic E-state index is 0.385. The Hall–Kier alpha value is -2.48. The Morgan fingerprint density at radius 1 is 1.15 bits per heavy atom. The summed E-state index contributed by atoms with van der Waals surface area (Å²) in [6.07, 6.45) is 0. The number of rotatable bonds is 5. The summed E-state index contributed by atoms with van der Waals surface area (Å²) in [4.78, 5) is 4.67. The Morgan fingerprint density at radius 3 is 2.41 bits per heavy atom. The van der Waals surface area contributed by atoms with E-state index in [4.69, 9.17) is 11.7 Å². The lowest BCUT2D eigenvalue weighted by Gasteiger charge is -2.10. The molecule has 6 nitrogen and oxygen atoms in total. The van der Waals surface area contributed by atoms with E-state index in [9.17, 15) is 0 Å². The summed E-state index contributed by atoms with van der Waals surface area (Å²) < 4.78 is 2.07. The molecule has 0 atom stereocenters. The summed E-state index contributed by atoms with van der Waals surface area (Å²) in [5.74, 6) is 12.1. The highest BCUT2D eigenvalue weighted by atomic mass is 32.2. The van der Waals surface area contributed by atoms with Crippen molar-refractivity contribution in [2.45, 2.75) is 24.7 Å². The van der Waals surface area contributed by atoms with Crippen molar-refractivity contribution in [2.24, 2.45) is 16.8 Å². The minimum absolute atomic E-state index is 0.385. The van der Waals surface area contributed by atoms with Gasteiger partial charge in [0.15, 0.2) is 5.84 Å². The normalized spacial score (nSPS) is 12.3. The molecule has 27 heavy (non-hydrogen) atoms. The predicted molar refractivity (Wildman–Crippen MR) is 115 cm³/mol. The zero-order valence-electron chi connectivity index (χ0n) is 16.1. The van der Waals surface area contributed by atoms with Gasteiger partial charge in [0.2, 0.25) is 0 Å². The van der Waals surface area contributed by atoms with Crippen LogP contribution in [0.2, 0.25) is 0 Å². The number of aromatic nitrogens is 1. The number of benzene rings is 2. The third-order valence-corrected chi connectivity index (χ3v) is 5.27. The highest BCUT2D eigenvalue weighted by Gasteiger charge is 2.20. The number of hydrazone groups is 1. The molecule has 142 valence electrons. The van der Waals surface area contributed by atoms with E-state index < -0.39 is 0 Å². The Labute approximate surface area is 164 Å². The number of amidine groups is 1. The maximum absolute atomic E-state index is 5.67. The van der Waals surface area contributed by atoms with Crippen LogP contribution in [0.3, 0.4) is 0 Å². The van der Waals surface area contributed by atoms with Crippen molar-refractivity contribution in [3.63, 3.8) is 0 Å². The van der Waals surface area contributed by atoms with E-state index in [0.29, 0.717) is 11.8 Å². The van der Waals surface area contributed by atoms with Crippen LogP contribution in [0.25, 0.3) is 22.0 Å². The van der Waals surface area contributed by atoms with Crippen LogP contribution in [0.15, 0.2) is 52.5 Å². The molecule has 6 N–H and O–H groups in total. The first-order chi connectivity index (χ1) is 13.0. The molecule has 0 fully saturated rings. The molecule has 0 amide bonds. The molecule has 3 rings (SSSR count). The lowest BCUT2D eigenvalue weighted by Crippen LogP contribution is -2.32. The number of nitrogens with zero attached hydrogens (tertiary/aromatic N) is 2. The number of aromatic amines is 1. The van der Waals surface area contributed by atoms with Crippen molar-refractivity contribution in [1.82, 2.24) is 14.7 Å². The van der Waals surface area contributed by atoms with Gasteiger partial charge >= 0.3 is 0 Å². The van der Waals surface area contributed by atoms with Crippen LogP contribution >= 0.6 is 11.9 Å². The first-order valence-corrected chi connectivity index (χ1v) is 9.58. The first kappa shape index (κ1) is 19.3. The molecule has 0 bridgehead atoms. The van der Waals surface area contributed by atoms with E-state index in [-0.39, 0.29) is 0 Å². The molecular weight excluding hydrogens is 356 g/mol. The van der Waals surface area contributed by atoms with E-state index >= 15 is 0 Å². The zero-order valence-corrected chi connectivity index (χ0v) is 16.9. The van der Waals surface area contributed by atoms with Crippen molar-refractivity contribution in [1.29, 1.82) is 0 Å². The van der Waals surface area contributed by atoms with Crippen LogP contribution < -0.4 is 17.1 Å². The van der Waals surface area contributed by atoms with E-state index in [1.54, 1.807) is 11.9 Å². The minimum Gasteiger partial charge on any atom is -0.351 e. The molecule has 2 aromatic carbocycles. The number of hydrogen-bond donors (Lipinski definition) is 4. The quantitative estimate of drug-likeness (QED) is 0.178. The van der Waals surface area contributed by atoms with Gasteiger partial charge in [-0.3, -0.25) is 4.31 Å². The summed E-state index contributed by atoms with van der Waals surface area (Å²) in [5.41, 5.74) is 7.84. The molecule has 0 saturated carbocycles. The van der Waals surface area contributed by atoms with Crippen LogP contribution in [0.4, 0.5) is 0 Å². The predicted octanol–water partition coefficient (Wildman–Crippen LogP) is 3.61. The van der Waals surface area contributed by atoms with Gasteiger partial charge in [-0.1, -0.05) is 44.2 Å². The van der Waals surface area contributed by atoms with E-state index in [0.717, 1.165) is 27.7 Å². The molecule has 3 aromatic rings. The molecule has 0 radical (unpaired) electrons. The molecule has 0 aliphatic carbocycles. The number of para-hydroxylation sites is 1. The fraction of sp³-hybridized carbons (Fsp3) is 0.250. The van der Waals surface area contributed by atoms with Crippen LogP contribution in [0.1, 0.15) is 31.0 Å². The Bertz CT molecular complexity index is 957. The number of fused-ring (bicyclic) bond motifs is 1. The fourth-order valence-electron chi connectivity index (χ4n) is 3.27. The van der Waals surface area contributed by atoms with Gasteiger partial charge in [-0.15, -0.1) is 0 Å². The largest absolute Gasteiger partial charge is 0.351 e. The van der Waals surface area contributed by atoms with Crippen molar-refractivity contribution >= 4 is 28.7 Å². The third-order valence-electron chi connectivity index (χ3n) is 4.42. The summed E-state index contributed by atoms with van der Waals surface area (Å²) in [6.45, 7) is 4.36. The molecule has 7 heteroatoms. The standard InChI is InChI=1S/C20H26N6S/c1-12(2)15-6-5-7-16-17(19(23-18(15)16)20(24-21)25-22)13-8-10-14(11-9-13)27-26(3)4/h5-12,23H,21-22H2,1-4H3,(H,24,25). The molecule has 1 aromatic heterocycles. The van der Waals surface area contributed by atoms with Crippen molar-refractivity contribution < 1.29 is 0 Å². The molecule has 0 unspecified atom stereocenters. The first-order valence-electron chi connectivity index (χ1n) is 8.81. The molecule has 1 heterocycles. The second kappa shape index (κ2) is 8.04. The number of hydrazine groups is 1. The van der Waals surface area contributed by atoms with Gasteiger partial charge in [0.25, 0.3) is 0 Å². The third kappa shape index (κ3) is 3.80. The van der Waals surface area contributed by atoms with Crippen LogP contribution in [-0.2, 0) is 0 Å². The number of nitrogens with one attached hydrogen (secondary N) is 2. The van der Waals surface area contributed by atoms with Crippen LogP contribution in [0.5, 0.6) is 0 Å². The zero-order chi connectivity index (χ0) is 19.6. The van der Waals surface area contributed by atoms with E-state index in [1.165, 1.54) is 10.5 Å². The highest BCUT2D eigenvalue weighted by Crippen LogP contribution is 2.36. The Kier molecular flexibility index (Phi) is 5.74.